The third-order valence-corrected chi connectivity index (χ3v) is 4.27. The van der Waals surface area contributed by atoms with E-state index < -0.39 is 18.2 Å². The van der Waals surface area contributed by atoms with Crippen molar-refractivity contribution in [3.05, 3.63) is 59.3 Å². The molecule has 0 saturated carbocycles. The highest BCUT2D eigenvalue weighted by Gasteiger charge is 2.19. The molecule has 3 aromatic rings. The molecule has 3 rings (SSSR count). The monoisotopic (exact) mass is 422 g/mol. The van der Waals surface area contributed by atoms with Gasteiger partial charge in [-0.1, -0.05) is 11.8 Å². The van der Waals surface area contributed by atoms with Crippen LogP contribution in [0, 0.1) is 0 Å². The highest BCUT2D eigenvalue weighted by atomic mass is 32.2. The number of benzene rings is 1. The summed E-state index contributed by atoms with van der Waals surface area (Å²) in [5.41, 5.74) is 0.671. The molecule has 0 N–H and O–H groups in total. The Hall–Kier alpha value is -3.21. The van der Waals surface area contributed by atoms with Crippen molar-refractivity contribution in [3.63, 3.8) is 0 Å². The number of rotatable bonds is 8. The molecule has 0 aliphatic heterocycles. The van der Waals surface area contributed by atoms with Crippen molar-refractivity contribution >= 4 is 23.9 Å². The number of aromatic nitrogens is 3. The van der Waals surface area contributed by atoms with Gasteiger partial charge in [0.15, 0.2) is 0 Å². The van der Waals surface area contributed by atoms with Gasteiger partial charge >= 0.3 is 5.97 Å². The summed E-state index contributed by atoms with van der Waals surface area (Å²) in [5, 5.41) is 11.4. The summed E-state index contributed by atoms with van der Waals surface area (Å²) in [6, 6.07) is 9.95. The average Bonchev–Trinajstić information content (AvgIpc) is 3.37. The number of esters is 1. The number of thioether (sulfide) groups is 1. The quantitative estimate of drug-likeness (QED) is 0.310. The van der Waals surface area contributed by atoms with Crippen LogP contribution in [-0.4, -0.2) is 40.4 Å². The zero-order valence-electron chi connectivity index (χ0n) is 15.4. The molecule has 0 unspecified atom stereocenters. The molecule has 0 amide bonds. The first-order chi connectivity index (χ1) is 14.0. The minimum absolute atomic E-state index is 0.0967. The minimum atomic E-state index is -2.78. The summed E-state index contributed by atoms with van der Waals surface area (Å²) in [5.74, 6) is 0.0377. The highest BCUT2D eigenvalue weighted by Crippen LogP contribution is 2.22. The van der Waals surface area contributed by atoms with E-state index in [-0.39, 0.29) is 17.5 Å². The van der Waals surface area contributed by atoms with Gasteiger partial charge in [-0.25, -0.2) is 13.6 Å². The van der Waals surface area contributed by atoms with E-state index in [1.807, 2.05) is 0 Å². The third-order valence-electron chi connectivity index (χ3n) is 3.65. The fourth-order valence-corrected chi connectivity index (χ4v) is 2.68. The number of ether oxygens (including phenoxy) is 2. The Bertz CT molecular complexity index is 1000. The van der Waals surface area contributed by atoms with E-state index in [1.165, 1.54) is 31.2 Å². The van der Waals surface area contributed by atoms with Crippen molar-refractivity contribution in [1.29, 1.82) is 0 Å². The lowest BCUT2D eigenvalue weighted by Crippen LogP contribution is -2.00. The molecule has 2 heterocycles. The molecule has 0 spiro atoms. The van der Waals surface area contributed by atoms with Crippen LogP contribution in [0.2, 0.25) is 0 Å². The van der Waals surface area contributed by atoms with Crippen LogP contribution in [0.3, 0.4) is 0 Å². The van der Waals surface area contributed by atoms with E-state index in [4.69, 9.17) is 9.15 Å². The van der Waals surface area contributed by atoms with Gasteiger partial charge in [0.2, 0.25) is 16.7 Å². The Morgan fingerprint density at radius 1 is 1.28 bits per heavy atom. The Kier molecular flexibility index (Phi) is 6.60. The first-order valence-electron chi connectivity index (χ1n) is 8.23. The van der Waals surface area contributed by atoms with Gasteiger partial charge in [0.05, 0.1) is 13.3 Å². The van der Waals surface area contributed by atoms with Gasteiger partial charge in [-0.15, -0.1) is 10.2 Å². The van der Waals surface area contributed by atoms with Gasteiger partial charge < -0.3 is 13.9 Å². The van der Waals surface area contributed by atoms with Gasteiger partial charge in [-0.2, -0.15) is 9.78 Å². The van der Waals surface area contributed by atoms with E-state index in [0.29, 0.717) is 17.1 Å². The molecule has 0 aliphatic rings. The Labute approximate surface area is 168 Å². The summed E-state index contributed by atoms with van der Waals surface area (Å²) in [7, 11) is 1.27. The fourth-order valence-electron chi connectivity index (χ4n) is 2.24. The van der Waals surface area contributed by atoms with E-state index in [2.05, 4.69) is 20.0 Å². The van der Waals surface area contributed by atoms with Crippen LogP contribution in [0.15, 0.2) is 51.1 Å². The largest absolute Gasteiger partial charge is 0.486 e. The van der Waals surface area contributed by atoms with Crippen LogP contribution in [0.1, 0.15) is 34.1 Å². The van der Waals surface area contributed by atoms with Crippen molar-refractivity contribution in [3.8, 4) is 5.75 Å². The van der Waals surface area contributed by atoms with Crippen molar-refractivity contribution in [1.82, 2.24) is 14.9 Å². The molecule has 29 heavy (non-hydrogen) atoms. The normalized spacial score (nSPS) is 11.3. The summed E-state index contributed by atoms with van der Waals surface area (Å²) in [4.78, 5) is 11.4. The van der Waals surface area contributed by atoms with Gasteiger partial charge in [0, 0.05) is 0 Å². The molecule has 0 fully saturated rings. The van der Waals surface area contributed by atoms with E-state index >= 15 is 0 Å². The van der Waals surface area contributed by atoms with Crippen molar-refractivity contribution in [2.24, 2.45) is 5.10 Å². The predicted octanol–water partition coefficient (Wildman–Crippen LogP) is 3.78. The predicted molar refractivity (Wildman–Crippen MR) is 101 cm³/mol. The summed E-state index contributed by atoms with van der Waals surface area (Å²) < 4.78 is 42.5. The lowest BCUT2D eigenvalue weighted by atomic mass is 10.2. The molecule has 2 aromatic heterocycles. The number of hydrogen-bond donors (Lipinski definition) is 0. The number of halogens is 2. The first-order valence-corrected chi connectivity index (χ1v) is 9.46. The van der Waals surface area contributed by atoms with E-state index in [1.54, 1.807) is 36.6 Å². The molecule has 1 aromatic carbocycles. The summed E-state index contributed by atoms with van der Waals surface area (Å²) in [6.07, 6.45) is 0.344. The van der Waals surface area contributed by atoms with Crippen molar-refractivity contribution < 1.29 is 27.5 Å². The van der Waals surface area contributed by atoms with Crippen molar-refractivity contribution in [2.45, 2.75) is 18.2 Å². The second-order valence-corrected chi connectivity index (χ2v) is 6.29. The topological polar surface area (TPSA) is 91.7 Å². The maximum Gasteiger partial charge on any atom is 0.373 e. The molecule has 152 valence electrons. The van der Waals surface area contributed by atoms with E-state index in [9.17, 15) is 13.6 Å². The fraction of sp³-hybridized carbons (Fsp3) is 0.222. The van der Waals surface area contributed by atoms with Gasteiger partial charge in [-0.05, 0) is 48.2 Å². The molecule has 0 bridgehead atoms. The number of carbonyl (C=O) groups is 1. The highest BCUT2D eigenvalue weighted by molar-refractivity contribution is 7.98. The first kappa shape index (κ1) is 20.5. The van der Waals surface area contributed by atoms with Crippen molar-refractivity contribution in [2.75, 3.05) is 13.4 Å². The minimum Gasteiger partial charge on any atom is -0.486 e. The van der Waals surface area contributed by atoms with Gasteiger partial charge in [0.1, 0.15) is 18.1 Å². The second-order valence-electron chi connectivity index (χ2n) is 5.52. The zero-order valence-corrected chi connectivity index (χ0v) is 16.2. The molecule has 0 atom stereocenters. The number of carbonyl (C=O) groups excluding carboxylic acids is 1. The van der Waals surface area contributed by atoms with Crippen LogP contribution in [0.5, 0.6) is 5.75 Å². The summed E-state index contributed by atoms with van der Waals surface area (Å²) >= 11 is 1.17. The van der Waals surface area contributed by atoms with E-state index in [0.717, 1.165) is 4.68 Å². The van der Waals surface area contributed by atoms with Crippen LogP contribution in [0.25, 0.3) is 0 Å². The second kappa shape index (κ2) is 9.32. The van der Waals surface area contributed by atoms with Crippen LogP contribution >= 0.6 is 11.8 Å². The maximum atomic E-state index is 13.0. The average molecular weight is 422 g/mol. The zero-order chi connectivity index (χ0) is 20.8. The van der Waals surface area contributed by atoms with Crippen LogP contribution in [-0.2, 0) is 11.3 Å². The summed E-state index contributed by atoms with van der Waals surface area (Å²) in [6.45, 7) is 0.125. The standard InChI is InChI=1S/C18H16F2N4O4S/c1-26-17(25)14-8-7-13(28-14)10-27-12-5-3-11(4-6-12)9-21-24-16(15(19)20)22-23-18(24)29-2/h3-9,15H,10H2,1-2H3/b21-9-. The number of furan rings is 1. The molecular formula is C18H16F2N4O4S. The number of hydrogen-bond acceptors (Lipinski definition) is 8. The third kappa shape index (κ3) is 4.99. The maximum absolute atomic E-state index is 13.0. The lowest BCUT2D eigenvalue weighted by molar-refractivity contribution is 0.0561. The van der Waals surface area contributed by atoms with Gasteiger partial charge in [-0.3, -0.25) is 0 Å². The lowest BCUT2D eigenvalue weighted by Gasteiger charge is -2.05. The van der Waals surface area contributed by atoms with Gasteiger partial charge in [0.25, 0.3) is 6.43 Å². The number of nitrogens with zero attached hydrogens (tertiary/aromatic N) is 4. The molecule has 0 aliphatic carbocycles. The number of alkyl halides is 2. The van der Waals surface area contributed by atoms with Crippen LogP contribution in [0.4, 0.5) is 8.78 Å². The molecule has 0 saturated heterocycles. The smallest absolute Gasteiger partial charge is 0.373 e. The molecule has 11 heteroatoms. The Morgan fingerprint density at radius 2 is 2.03 bits per heavy atom. The Balaban J connectivity index is 1.63. The SMILES string of the molecule is COC(=O)c1ccc(COc2ccc(/C=N\n3c(SC)nnc3C(F)F)cc2)o1. The molecule has 0 radical (unpaired) electrons. The van der Waals surface area contributed by atoms with Crippen LogP contribution < -0.4 is 4.74 Å². The Morgan fingerprint density at radius 3 is 2.69 bits per heavy atom. The molecular weight excluding hydrogens is 406 g/mol. The molecule has 8 nitrogen and oxygen atoms in total. The number of methoxy groups -OCH3 is 1.